The van der Waals surface area contributed by atoms with Crippen molar-refractivity contribution in [1.82, 2.24) is 9.21 Å². The van der Waals surface area contributed by atoms with Gasteiger partial charge in [-0.05, 0) is 44.0 Å². The number of carbonyl (C=O) groups is 1. The Labute approximate surface area is 223 Å². The number of nitrogens with one attached hydrogen (secondary N) is 1. The quantitative estimate of drug-likeness (QED) is 0.312. The molecule has 2 N–H and O–H groups in total. The number of furan rings is 1. The number of aromatic hydroxyl groups is 1. The van der Waals surface area contributed by atoms with E-state index < -0.39 is 37.6 Å². The average Bonchev–Trinajstić information content (AvgIpc) is 3.49. The third kappa shape index (κ3) is 4.36. The molecule has 1 amide bonds. The highest BCUT2D eigenvalue weighted by atomic mass is 35.5. The molecule has 1 unspecified atom stereocenters. The van der Waals surface area contributed by atoms with Crippen LogP contribution in [0, 0.1) is 6.92 Å². The van der Waals surface area contributed by atoms with Crippen LogP contribution in [0.5, 0.6) is 11.5 Å². The summed E-state index contributed by atoms with van der Waals surface area (Å²) in [5.41, 5.74) is -2.07. The van der Waals surface area contributed by atoms with E-state index in [1.807, 2.05) is 6.92 Å². The van der Waals surface area contributed by atoms with Gasteiger partial charge >= 0.3 is 0 Å². The summed E-state index contributed by atoms with van der Waals surface area (Å²) >= 11 is 6.24. The molecule has 38 heavy (non-hydrogen) atoms. The molecule has 2 atom stereocenters. The van der Waals surface area contributed by atoms with Gasteiger partial charge in [-0.1, -0.05) is 18.5 Å². The van der Waals surface area contributed by atoms with Crippen molar-refractivity contribution in [2.45, 2.75) is 50.2 Å². The Kier molecular flexibility index (Phi) is 6.74. The van der Waals surface area contributed by atoms with E-state index in [1.165, 1.54) is 16.4 Å². The third-order valence-corrected chi connectivity index (χ3v) is 9.34. The SMILES string of the molecule is CC[C@@H](Oc1c(Nc2ccc(Cl)c(S(=O)(=O)N3CCN4C(=O)CCC4C3)c2O)c(=O)c1=O)c1ccc(C)o1. The fourth-order valence-electron chi connectivity index (χ4n) is 4.92. The number of hydrogen-bond donors (Lipinski definition) is 2. The van der Waals surface area contributed by atoms with Crippen LogP contribution in [0.3, 0.4) is 0 Å². The minimum atomic E-state index is -4.26. The van der Waals surface area contributed by atoms with Crippen molar-refractivity contribution < 1.29 is 27.5 Å². The van der Waals surface area contributed by atoms with Crippen molar-refractivity contribution in [3.05, 3.63) is 61.3 Å². The number of phenolic OH excluding ortho intramolecular Hbond substituents is 1. The Bertz CT molecular complexity index is 1590. The van der Waals surface area contributed by atoms with E-state index >= 15 is 0 Å². The second kappa shape index (κ2) is 9.75. The number of piperazine rings is 1. The highest BCUT2D eigenvalue weighted by Crippen LogP contribution is 2.41. The lowest BCUT2D eigenvalue weighted by molar-refractivity contribution is -0.130. The summed E-state index contributed by atoms with van der Waals surface area (Å²) in [7, 11) is -4.26. The molecular weight excluding hydrogens is 538 g/mol. The molecule has 202 valence electrons. The molecular formula is C25H26ClN3O8S. The topological polar surface area (TPSA) is 146 Å². The highest BCUT2D eigenvalue weighted by Gasteiger charge is 2.41. The average molecular weight is 564 g/mol. The van der Waals surface area contributed by atoms with Gasteiger partial charge in [0.25, 0.3) is 10.9 Å². The zero-order valence-corrected chi connectivity index (χ0v) is 22.3. The van der Waals surface area contributed by atoms with Gasteiger partial charge in [-0.25, -0.2) is 8.42 Å². The maximum Gasteiger partial charge on any atom is 0.272 e. The summed E-state index contributed by atoms with van der Waals surface area (Å²) in [5.74, 6) is 0.200. The zero-order valence-electron chi connectivity index (χ0n) is 20.7. The van der Waals surface area contributed by atoms with Crippen molar-refractivity contribution in [3.63, 3.8) is 0 Å². The number of ether oxygens (including phenoxy) is 1. The van der Waals surface area contributed by atoms with Crippen LogP contribution in [-0.2, 0) is 14.8 Å². The number of benzene rings is 1. The summed E-state index contributed by atoms with van der Waals surface area (Å²) < 4.78 is 39.6. The number of rotatable bonds is 8. The van der Waals surface area contributed by atoms with Crippen molar-refractivity contribution in [2.24, 2.45) is 0 Å². The Morgan fingerprint density at radius 3 is 2.63 bits per heavy atom. The number of nitrogens with zero attached hydrogens (tertiary/aromatic N) is 2. The first-order valence-corrected chi connectivity index (χ1v) is 14.0. The Balaban J connectivity index is 1.43. The lowest BCUT2D eigenvalue weighted by atomic mass is 10.1. The molecule has 2 fully saturated rings. The largest absolute Gasteiger partial charge is 0.504 e. The number of anilines is 2. The van der Waals surface area contributed by atoms with Crippen LogP contribution in [-0.4, -0.2) is 54.3 Å². The van der Waals surface area contributed by atoms with Crippen LogP contribution < -0.4 is 20.9 Å². The molecule has 11 nitrogen and oxygen atoms in total. The maximum atomic E-state index is 13.5. The maximum absolute atomic E-state index is 13.5. The summed E-state index contributed by atoms with van der Waals surface area (Å²) in [6.45, 7) is 3.98. The van der Waals surface area contributed by atoms with Crippen LogP contribution in [0.4, 0.5) is 11.4 Å². The van der Waals surface area contributed by atoms with Crippen molar-refractivity contribution >= 4 is 38.9 Å². The lowest BCUT2D eigenvalue weighted by Gasteiger charge is -2.36. The van der Waals surface area contributed by atoms with Gasteiger partial charge in [0.1, 0.15) is 22.1 Å². The van der Waals surface area contributed by atoms with Crippen molar-refractivity contribution in [3.8, 4) is 11.5 Å². The fourth-order valence-corrected chi connectivity index (χ4v) is 6.98. The van der Waals surface area contributed by atoms with Crippen LogP contribution in [0.2, 0.25) is 5.02 Å². The summed E-state index contributed by atoms with van der Waals surface area (Å²) in [6.07, 6.45) is 0.729. The van der Waals surface area contributed by atoms with Crippen LogP contribution >= 0.6 is 11.6 Å². The monoisotopic (exact) mass is 563 g/mol. The Morgan fingerprint density at radius 1 is 1.18 bits per heavy atom. The molecule has 3 aromatic rings. The van der Waals surface area contributed by atoms with Gasteiger partial charge < -0.3 is 24.5 Å². The van der Waals surface area contributed by atoms with E-state index in [1.54, 1.807) is 24.0 Å². The normalized spacial score (nSPS) is 19.1. The third-order valence-electron chi connectivity index (χ3n) is 6.97. The number of amides is 1. The number of hydrogen-bond acceptors (Lipinski definition) is 9. The summed E-state index contributed by atoms with van der Waals surface area (Å²) in [4.78, 5) is 37.8. The van der Waals surface area contributed by atoms with Gasteiger partial charge in [-0.2, -0.15) is 4.31 Å². The van der Waals surface area contributed by atoms with Crippen LogP contribution in [0.15, 0.2) is 43.2 Å². The Morgan fingerprint density at radius 2 is 1.95 bits per heavy atom. The van der Waals surface area contributed by atoms with E-state index in [0.29, 0.717) is 30.8 Å². The van der Waals surface area contributed by atoms with Gasteiger partial charge in [-0.3, -0.25) is 14.4 Å². The van der Waals surface area contributed by atoms with E-state index in [-0.39, 0.29) is 53.7 Å². The first kappa shape index (κ1) is 26.3. The highest BCUT2D eigenvalue weighted by molar-refractivity contribution is 7.89. The molecule has 1 aromatic heterocycles. The Hall–Kier alpha value is -3.35. The molecule has 3 heterocycles. The molecule has 2 aliphatic rings. The first-order chi connectivity index (χ1) is 18.0. The van der Waals surface area contributed by atoms with Gasteiger partial charge in [0.2, 0.25) is 15.9 Å². The smallest absolute Gasteiger partial charge is 0.272 e. The molecule has 0 bridgehead atoms. The zero-order chi connectivity index (χ0) is 27.4. The molecule has 0 saturated carbocycles. The number of sulfonamides is 1. The van der Waals surface area contributed by atoms with Crippen LogP contribution in [0.25, 0.3) is 0 Å². The molecule has 2 saturated heterocycles. The molecule has 2 aliphatic heterocycles. The first-order valence-electron chi connectivity index (χ1n) is 12.2. The minimum Gasteiger partial charge on any atom is -0.504 e. The standard InChI is InChI=1S/C25H26ClN3O8S/c1-3-17(18-8-4-13(2)36-18)37-24-20(22(32)23(24)33)27-16-7-6-15(26)25(21(16)31)38(34,35)28-10-11-29-14(12-28)5-9-19(29)30/h4,6-8,14,17,27,31H,3,5,9-12H2,1-2H3/t14?,17-/m1/s1. The van der Waals surface area contributed by atoms with Gasteiger partial charge in [0.15, 0.2) is 17.6 Å². The van der Waals surface area contributed by atoms with Gasteiger partial charge in [0.05, 0.1) is 10.7 Å². The molecule has 13 heteroatoms. The number of phenols is 1. The lowest BCUT2D eigenvalue weighted by Crippen LogP contribution is -2.53. The fraction of sp³-hybridized carbons (Fsp3) is 0.400. The van der Waals surface area contributed by atoms with Gasteiger partial charge in [0, 0.05) is 32.1 Å². The van der Waals surface area contributed by atoms with Crippen molar-refractivity contribution in [1.29, 1.82) is 0 Å². The van der Waals surface area contributed by atoms with E-state index in [0.717, 1.165) is 0 Å². The molecule has 0 radical (unpaired) electrons. The molecule has 5 rings (SSSR count). The number of aryl methyl sites for hydroxylation is 1. The predicted octanol–water partition coefficient (Wildman–Crippen LogP) is 2.81. The minimum absolute atomic E-state index is 0.00219. The van der Waals surface area contributed by atoms with Crippen LogP contribution in [0.1, 0.15) is 43.8 Å². The predicted molar refractivity (Wildman–Crippen MR) is 138 cm³/mol. The number of fused-ring (bicyclic) bond motifs is 1. The van der Waals surface area contributed by atoms with E-state index in [4.69, 9.17) is 20.8 Å². The summed E-state index contributed by atoms with van der Waals surface area (Å²) in [5, 5.41) is 13.4. The second-order valence-electron chi connectivity index (χ2n) is 9.37. The number of carbonyl (C=O) groups excluding carboxylic acids is 1. The van der Waals surface area contributed by atoms with E-state index in [9.17, 15) is 27.9 Å². The molecule has 2 aromatic carbocycles. The second-order valence-corrected chi connectivity index (χ2v) is 11.6. The molecule has 0 spiro atoms. The number of halogens is 1. The summed E-state index contributed by atoms with van der Waals surface area (Å²) in [6, 6.07) is 5.81. The van der Waals surface area contributed by atoms with Crippen molar-refractivity contribution in [2.75, 3.05) is 25.0 Å². The molecule has 0 aliphatic carbocycles. The van der Waals surface area contributed by atoms with E-state index in [2.05, 4.69) is 5.32 Å². The van der Waals surface area contributed by atoms with Gasteiger partial charge in [-0.15, -0.1) is 0 Å².